The Morgan fingerprint density at radius 2 is 2.11 bits per heavy atom. The van der Waals surface area contributed by atoms with Gasteiger partial charge in [0.05, 0.1) is 5.69 Å². The largest absolute Gasteiger partial charge is 0.477 e. The van der Waals surface area contributed by atoms with Gasteiger partial charge in [-0.3, -0.25) is 0 Å². The third-order valence-corrected chi connectivity index (χ3v) is 4.44. The molecule has 1 aromatic heterocycles. The van der Waals surface area contributed by atoms with E-state index in [0.717, 1.165) is 15.0 Å². The van der Waals surface area contributed by atoms with Gasteiger partial charge in [0.1, 0.15) is 4.88 Å². The van der Waals surface area contributed by atoms with E-state index in [4.69, 9.17) is 5.11 Å². The molecule has 1 aromatic carbocycles. The van der Waals surface area contributed by atoms with Gasteiger partial charge in [0.25, 0.3) is 0 Å². The minimum atomic E-state index is -0.871. The average Bonchev–Trinajstić information content (AvgIpc) is 2.76. The lowest BCUT2D eigenvalue weighted by molar-refractivity contribution is 0.0702. The summed E-state index contributed by atoms with van der Waals surface area (Å²) in [4.78, 5) is 12.2. The van der Waals surface area contributed by atoms with Crippen molar-refractivity contribution in [3.8, 4) is 0 Å². The topological polar surface area (TPSA) is 49.3 Å². The second-order valence-electron chi connectivity index (χ2n) is 4.36. The molecular weight excluding hydrogens is 326 g/mol. The van der Waals surface area contributed by atoms with Crippen molar-refractivity contribution in [3.05, 3.63) is 49.6 Å². The van der Waals surface area contributed by atoms with E-state index in [-0.39, 0.29) is 0 Å². The molecule has 0 fully saturated rings. The molecule has 1 heterocycles. The SMILES string of the molecule is Cc1cc(C)c(NCc2ccc(C(=O)O)s2)c(Br)c1. The molecule has 0 saturated heterocycles. The number of carboxylic acids is 1. The van der Waals surface area contributed by atoms with E-state index in [9.17, 15) is 4.79 Å². The van der Waals surface area contributed by atoms with E-state index >= 15 is 0 Å². The number of aryl methyl sites for hydroxylation is 2. The first-order valence-corrected chi connectivity index (χ1v) is 7.41. The van der Waals surface area contributed by atoms with Crippen molar-refractivity contribution in [3.63, 3.8) is 0 Å². The van der Waals surface area contributed by atoms with Gasteiger partial charge in [-0.25, -0.2) is 4.79 Å². The van der Waals surface area contributed by atoms with Gasteiger partial charge in [0.2, 0.25) is 0 Å². The summed E-state index contributed by atoms with van der Waals surface area (Å²) in [5, 5.41) is 12.2. The van der Waals surface area contributed by atoms with Crippen LogP contribution in [0.5, 0.6) is 0 Å². The Morgan fingerprint density at radius 3 is 2.68 bits per heavy atom. The molecular formula is C14H14BrNO2S. The standard InChI is InChI=1S/C14H14BrNO2S/c1-8-5-9(2)13(11(15)6-8)16-7-10-3-4-12(19-10)14(17)18/h3-6,16H,7H2,1-2H3,(H,17,18). The summed E-state index contributed by atoms with van der Waals surface area (Å²) in [5.41, 5.74) is 3.43. The van der Waals surface area contributed by atoms with Gasteiger partial charge >= 0.3 is 5.97 Å². The van der Waals surface area contributed by atoms with E-state index in [1.54, 1.807) is 6.07 Å². The van der Waals surface area contributed by atoms with Gasteiger partial charge in [0.15, 0.2) is 0 Å². The molecule has 2 aromatic rings. The second-order valence-corrected chi connectivity index (χ2v) is 6.39. The Morgan fingerprint density at radius 1 is 1.37 bits per heavy atom. The lowest BCUT2D eigenvalue weighted by atomic mass is 10.1. The fourth-order valence-corrected chi connectivity index (χ4v) is 3.50. The maximum Gasteiger partial charge on any atom is 0.345 e. The van der Waals surface area contributed by atoms with Crippen LogP contribution in [-0.2, 0) is 6.54 Å². The van der Waals surface area contributed by atoms with Gasteiger partial charge in [-0.05, 0) is 59.1 Å². The monoisotopic (exact) mass is 339 g/mol. The molecule has 0 radical (unpaired) electrons. The van der Waals surface area contributed by atoms with Crippen LogP contribution in [0.4, 0.5) is 5.69 Å². The first-order valence-electron chi connectivity index (χ1n) is 5.80. The average molecular weight is 340 g/mol. The zero-order valence-corrected chi connectivity index (χ0v) is 13.1. The Balaban J connectivity index is 2.12. The van der Waals surface area contributed by atoms with Crippen molar-refractivity contribution in [1.29, 1.82) is 0 Å². The van der Waals surface area contributed by atoms with Crippen LogP contribution in [0.25, 0.3) is 0 Å². The number of carbonyl (C=O) groups is 1. The summed E-state index contributed by atoms with van der Waals surface area (Å²) < 4.78 is 1.03. The third-order valence-electron chi connectivity index (χ3n) is 2.74. The van der Waals surface area contributed by atoms with Crippen LogP contribution >= 0.6 is 27.3 Å². The lowest BCUT2D eigenvalue weighted by Crippen LogP contribution is -2.00. The van der Waals surface area contributed by atoms with E-state index in [2.05, 4.69) is 47.2 Å². The molecule has 5 heteroatoms. The van der Waals surface area contributed by atoms with Gasteiger partial charge in [0, 0.05) is 15.9 Å². The van der Waals surface area contributed by atoms with Crippen LogP contribution < -0.4 is 5.32 Å². The van der Waals surface area contributed by atoms with E-state index in [0.29, 0.717) is 11.4 Å². The number of halogens is 1. The number of thiophene rings is 1. The lowest BCUT2D eigenvalue weighted by Gasteiger charge is -2.12. The normalized spacial score (nSPS) is 10.5. The first kappa shape index (κ1) is 14.1. The molecule has 0 aliphatic rings. The molecule has 0 amide bonds. The number of hydrogen-bond donors (Lipinski definition) is 2. The molecule has 0 aliphatic heterocycles. The fraction of sp³-hybridized carbons (Fsp3) is 0.214. The van der Waals surface area contributed by atoms with Crippen molar-refractivity contribution in [2.45, 2.75) is 20.4 Å². The summed E-state index contributed by atoms with van der Waals surface area (Å²) in [7, 11) is 0. The van der Waals surface area contributed by atoms with Crippen LogP contribution in [0.3, 0.4) is 0 Å². The van der Waals surface area contributed by atoms with Gasteiger partial charge < -0.3 is 10.4 Å². The predicted molar refractivity (Wildman–Crippen MR) is 82.2 cm³/mol. The minimum Gasteiger partial charge on any atom is -0.477 e. The van der Waals surface area contributed by atoms with E-state index in [1.165, 1.54) is 22.5 Å². The second kappa shape index (κ2) is 5.75. The van der Waals surface area contributed by atoms with E-state index < -0.39 is 5.97 Å². The quantitative estimate of drug-likeness (QED) is 0.865. The van der Waals surface area contributed by atoms with Gasteiger partial charge in [-0.15, -0.1) is 11.3 Å². The molecule has 100 valence electrons. The summed E-state index contributed by atoms with van der Waals surface area (Å²) >= 11 is 4.84. The Labute approximate surface area is 124 Å². The highest BCUT2D eigenvalue weighted by molar-refractivity contribution is 9.10. The molecule has 0 unspecified atom stereocenters. The zero-order valence-electron chi connectivity index (χ0n) is 10.7. The third kappa shape index (κ3) is 3.36. The number of benzene rings is 1. The molecule has 2 rings (SSSR count). The number of anilines is 1. The van der Waals surface area contributed by atoms with Crippen molar-refractivity contribution < 1.29 is 9.90 Å². The first-order chi connectivity index (χ1) is 8.97. The Kier molecular flexibility index (Phi) is 4.27. The maximum atomic E-state index is 10.8. The van der Waals surface area contributed by atoms with Crippen molar-refractivity contribution in [2.24, 2.45) is 0 Å². The minimum absolute atomic E-state index is 0.372. The maximum absolute atomic E-state index is 10.8. The number of carboxylic acid groups (broad SMARTS) is 1. The highest BCUT2D eigenvalue weighted by Crippen LogP contribution is 2.28. The molecule has 2 N–H and O–H groups in total. The molecule has 0 atom stereocenters. The summed E-state index contributed by atoms with van der Waals surface area (Å²) in [6.07, 6.45) is 0. The van der Waals surface area contributed by atoms with Gasteiger partial charge in [-0.2, -0.15) is 0 Å². The summed E-state index contributed by atoms with van der Waals surface area (Å²) in [5.74, 6) is -0.871. The molecule has 3 nitrogen and oxygen atoms in total. The number of hydrogen-bond acceptors (Lipinski definition) is 3. The molecule has 0 bridgehead atoms. The Hall–Kier alpha value is -1.33. The molecule has 19 heavy (non-hydrogen) atoms. The van der Waals surface area contributed by atoms with Crippen LogP contribution in [0.1, 0.15) is 25.7 Å². The van der Waals surface area contributed by atoms with E-state index in [1.807, 2.05) is 6.07 Å². The molecule has 0 aliphatic carbocycles. The van der Waals surface area contributed by atoms with Crippen LogP contribution in [0, 0.1) is 13.8 Å². The smallest absolute Gasteiger partial charge is 0.345 e. The fourth-order valence-electron chi connectivity index (χ4n) is 1.90. The van der Waals surface area contributed by atoms with Gasteiger partial charge in [-0.1, -0.05) is 6.07 Å². The number of aromatic carboxylic acids is 1. The highest BCUT2D eigenvalue weighted by atomic mass is 79.9. The van der Waals surface area contributed by atoms with Crippen molar-refractivity contribution in [2.75, 3.05) is 5.32 Å². The zero-order chi connectivity index (χ0) is 14.0. The van der Waals surface area contributed by atoms with Crippen LogP contribution in [-0.4, -0.2) is 11.1 Å². The van der Waals surface area contributed by atoms with Crippen LogP contribution in [0.2, 0.25) is 0 Å². The highest BCUT2D eigenvalue weighted by Gasteiger charge is 2.08. The number of nitrogens with one attached hydrogen (secondary N) is 1. The predicted octanol–water partition coefficient (Wildman–Crippen LogP) is 4.44. The summed E-state index contributed by atoms with van der Waals surface area (Å²) in [6.45, 7) is 4.73. The van der Waals surface area contributed by atoms with Crippen molar-refractivity contribution >= 4 is 38.9 Å². The Bertz CT molecular complexity index is 599. The molecule has 0 spiro atoms. The molecule has 0 saturated carbocycles. The van der Waals surface area contributed by atoms with Crippen LogP contribution in [0.15, 0.2) is 28.7 Å². The number of rotatable bonds is 4. The summed E-state index contributed by atoms with van der Waals surface area (Å²) in [6, 6.07) is 7.66. The van der Waals surface area contributed by atoms with Crippen molar-refractivity contribution in [1.82, 2.24) is 0 Å².